The largest absolute Gasteiger partial charge is 0.484 e. The summed E-state index contributed by atoms with van der Waals surface area (Å²) in [5, 5.41) is 0.479. The summed E-state index contributed by atoms with van der Waals surface area (Å²) in [7, 11) is 2.08. The number of ether oxygens (including phenoxy) is 1. The molecule has 2 heterocycles. The summed E-state index contributed by atoms with van der Waals surface area (Å²) < 4.78 is 6.13. The minimum atomic E-state index is -0.376. The van der Waals surface area contributed by atoms with E-state index in [2.05, 4.69) is 11.9 Å². The number of nitrogens with two attached hydrogens (primary N) is 1. The van der Waals surface area contributed by atoms with Crippen molar-refractivity contribution in [2.24, 2.45) is 0 Å². The molecule has 5 heteroatoms. The van der Waals surface area contributed by atoms with Gasteiger partial charge in [0.1, 0.15) is 5.60 Å². The molecule has 4 nitrogen and oxygen atoms in total. The van der Waals surface area contributed by atoms with Crippen LogP contribution in [-0.4, -0.2) is 36.4 Å². The number of anilines is 1. The number of nitrogen functional groups attached to an aromatic ring is 1. The van der Waals surface area contributed by atoms with E-state index in [0.717, 1.165) is 25.9 Å². The van der Waals surface area contributed by atoms with E-state index in [1.807, 2.05) is 0 Å². The first-order valence-electron chi connectivity index (χ1n) is 6.49. The fourth-order valence-corrected chi connectivity index (χ4v) is 3.11. The standard InChI is InChI=1S/C14H17ClN2O2/c1-17-4-2-14(3-5-17)8-12(18)10-6-9(15)7-11(16)13(10)19-14/h6-7H,2-5,8,16H2,1H3. The lowest BCUT2D eigenvalue weighted by atomic mass is 9.82. The van der Waals surface area contributed by atoms with Crippen molar-refractivity contribution in [2.45, 2.75) is 24.9 Å². The van der Waals surface area contributed by atoms with Crippen LogP contribution in [0.3, 0.4) is 0 Å². The summed E-state index contributed by atoms with van der Waals surface area (Å²) in [6.07, 6.45) is 2.14. The number of piperidine rings is 1. The molecule has 1 spiro atoms. The van der Waals surface area contributed by atoms with Crippen LogP contribution in [0.5, 0.6) is 5.75 Å². The molecule has 1 fully saturated rings. The molecule has 1 aromatic carbocycles. The van der Waals surface area contributed by atoms with Crippen molar-refractivity contribution in [3.63, 3.8) is 0 Å². The third-order valence-corrected chi connectivity index (χ3v) is 4.30. The lowest BCUT2D eigenvalue weighted by Gasteiger charge is -2.43. The van der Waals surface area contributed by atoms with E-state index in [9.17, 15) is 4.79 Å². The van der Waals surface area contributed by atoms with E-state index in [0.29, 0.717) is 28.4 Å². The van der Waals surface area contributed by atoms with Crippen molar-refractivity contribution in [1.29, 1.82) is 0 Å². The molecule has 0 aromatic heterocycles. The summed E-state index contributed by atoms with van der Waals surface area (Å²) in [6, 6.07) is 3.29. The predicted molar refractivity (Wildman–Crippen MR) is 74.9 cm³/mol. The molecular weight excluding hydrogens is 264 g/mol. The molecule has 1 saturated heterocycles. The van der Waals surface area contributed by atoms with E-state index in [1.54, 1.807) is 12.1 Å². The highest BCUT2D eigenvalue weighted by Gasteiger charge is 2.43. The quantitative estimate of drug-likeness (QED) is 0.741. The number of rotatable bonds is 0. The molecule has 0 saturated carbocycles. The number of hydrogen-bond donors (Lipinski definition) is 1. The lowest BCUT2D eigenvalue weighted by molar-refractivity contribution is -0.00310. The van der Waals surface area contributed by atoms with Crippen LogP contribution in [0.15, 0.2) is 12.1 Å². The van der Waals surface area contributed by atoms with E-state index >= 15 is 0 Å². The highest BCUT2D eigenvalue weighted by molar-refractivity contribution is 6.31. The number of nitrogens with zero attached hydrogens (tertiary/aromatic N) is 1. The molecule has 2 N–H and O–H groups in total. The maximum atomic E-state index is 12.3. The summed E-state index contributed by atoms with van der Waals surface area (Å²) in [4.78, 5) is 14.6. The van der Waals surface area contributed by atoms with Gasteiger partial charge in [0.25, 0.3) is 0 Å². The first-order valence-corrected chi connectivity index (χ1v) is 6.87. The Morgan fingerprint density at radius 1 is 1.37 bits per heavy atom. The zero-order chi connectivity index (χ0) is 13.6. The molecule has 2 aliphatic rings. The number of carbonyl (C=O) groups excluding carboxylic acids is 1. The molecule has 0 amide bonds. The van der Waals surface area contributed by atoms with E-state index in [1.165, 1.54) is 0 Å². The minimum Gasteiger partial charge on any atom is -0.484 e. The third-order valence-electron chi connectivity index (χ3n) is 4.08. The molecule has 2 aliphatic heterocycles. The Bertz CT molecular complexity index is 536. The highest BCUT2D eigenvalue weighted by Crippen LogP contribution is 2.43. The van der Waals surface area contributed by atoms with Gasteiger partial charge in [0.15, 0.2) is 11.5 Å². The fourth-order valence-electron chi connectivity index (χ4n) is 2.88. The van der Waals surface area contributed by atoms with Crippen molar-refractivity contribution in [1.82, 2.24) is 4.90 Å². The Morgan fingerprint density at radius 2 is 2.05 bits per heavy atom. The Morgan fingerprint density at radius 3 is 2.74 bits per heavy atom. The molecule has 102 valence electrons. The number of likely N-dealkylation sites (tertiary alicyclic amines) is 1. The first-order chi connectivity index (χ1) is 8.99. The van der Waals surface area contributed by atoms with Crippen molar-refractivity contribution in [3.8, 4) is 5.75 Å². The van der Waals surface area contributed by atoms with Crippen molar-refractivity contribution >= 4 is 23.1 Å². The normalized spacial score (nSPS) is 22.1. The van der Waals surface area contributed by atoms with Gasteiger partial charge >= 0.3 is 0 Å². The van der Waals surface area contributed by atoms with Crippen LogP contribution in [0.2, 0.25) is 5.02 Å². The van der Waals surface area contributed by atoms with Gasteiger partial charge in [-0.3, -0.25) is 4.79 Å². The SMILES string of the molecule is CN1CCC2(CC1)CC(=O)c1cc(Cl)cc(N)c1O2. The minimum absolute atomic E-state index is 0.0833. The van der Waals surface area contributed by atoms with E-state index < -0.39 is 0 Å². The zero-order valence-corrected chi connectivity index (χ0v) is 11.7. The van der Waals surface area contributed by atoms with Crippen LogP contribution in [0.1, 0.15) is 29.6 Å². The molecule has 1 aromatic rings. The van der Waals surface area contributed by atoms with Crippen LogP contribution in [0, 0.1) is 0 Å². The molecule has 19 heavy (non-hydrogen) atoms. The second-order valence-corrected chi connectivity index (χ2v) is 6.00. The van der Waals surface area contributed by atoms with Crippen LogP contribution in [0.25, 0.3) is 0 Å². The molecular formula is C14H17ClN2O2. The molecule has 0 atom stereocenters. The van der Waals surface area contributed by atoms with Gasteiger partial charge in [0.2, 0.25) is 0 Å². The summed E-state index contributed by atoms with van der Waals surface area (Å²) in [5.41, 5.74) is 6.55. The van der Waals surface area contributed by atoms with Gasteiger partial charge in [-0.1, -0.05) is 11.6 Å². The fraction of sp³-hybridized carbons (Fsp3) is 0.500. The maximum absolute atomic E-state index is 12.3. The Hall–Kier alpha value is -1.26. The summed E-state index contributed by atoms with van der Waals surface area (Å²) in [6.45, 7) is 1.88. The zero-order valence-electron chi connectivity index (χ0n) is 10.9. The van der Waals surface area contributed by atoms with Crippen molar-refractivity contribution in [3.05, 3.63) is 22.7 Å². The number of hydrogen-bond acceptors (Lipinski definition) is 4. The van der Waals surface area contributed by atoms with Crippen LogP contribution in [0.4, 0.5) is 5.69 Å². The van der Waals surface area contributed by atoms with Crippen LogP contribution in [-0.2, 0) is 0 Å². The van der Waals surface area contributed by atoms with Crippen molar-refractivity contribution < 1.29 is 9.53 Å². The summed E-state index contributed by atoms with van der Waals surface area (Å²) in [5.74, 6) is 0.602. The number of fused-ring (bicyclic) bond motifs is 1. The van der Waals surface area contributed by atoms with Gasteiger partial charge in [-0.25, -0.2) is 0 Å². The predicted octanol–water partition coefficient (Wildman–Crippen LogP) is 2.35. The van der Waals surface area contributed by atoms with Gasteiger partial charge in [-0.2, -0.15) is 0 Å². The molecule has 3 rings (SSSR count). The van der Waals surface area contributed by atoms with E-state index in [-0.39, 0.29) is 11.4 Å². The second kappa shape index (κ2) is 4.39. The smallest absolute Gasteiger partial charge is 0.170 e. The van der Waals surface area contributed by atoms with Crippen molar-refractivity contribution in [2.75, 3.05) is 25.9 Å². The lowest BCUT2D eigenvalue weighted by Crippen LogP contribution is -2.50. The second-order valence-electron chi connectivity index (χ2n) is 5.56. The molecule has 0 radical (unpaired) electrons. The molecule has 0 aliphatic carbocycles. The Kier molecular flexibility index (Phi) is 2.95. The van der Waals surface area contributed by atoms with Gasteiger partial charge in [0.05, 0.1) is 17.7 Å². The number of carbonyl (C=O) groups is 1. The number of ketones is 1. The topological polar surface area (TPSA) is 55.6 Å². The highest BCUT2D eigenvalue weighted by atomic mass is 35.5. The van der Waals surface area contributed by atoms with E-state index in [4.69, 9.17) is 22.1 Å². The van der Waals surface area contributed by atoms with Gasteiger partial charge in [0, 0.05) is 31.0 Å². The average molecular weight is 281 g/mol. The van der Waals surface area contributed by atoms with Gasteiger partial charge < -0.3 is 15.4 Å². The van der Waals surface area contributed by atoms with Gasteiger partial charge in [-0.15, -0.1) is 0 Å². The summed E-state index contributed by atoms with van der Waals surface area (Å²) >= 11 is 5.95. The van der Waals surface area contributed by atoms with Gasteiger partial charge in [-0.05, 0) is 19.2 Å². The Balaban J connectivity index is 1.98. The number of Topliss-reactive ketones (excluding diaryl/α,β-unsaturated/α-hetero) is 1. The third kappa shape index (κ3) is 2.19. The molecule has 0 bridgehead atoms. The van der Waals surface area contributed by atoms with Crippen LogP contribution < -0.4 is 10.5 Å². The Labute approximate surface area is 117 Å². The number of halogens is 1. The van der Waals surface area contributed by atoms with Crippen LogP contribution >= 0.6 is 11.6 Å². The monoisotopic (exact) mass is 280 g/mol. The first kappa shape index (κ1) is 12.8. The average Bonchev–Trinajstić information content (AvgIpc) is 2.35. The molecule has 0 unspecified atom stereocenters. The number of benzene rings is 1. The maximum Gasteiger partial charge on any atom is 0.170 e.